The zero-order chi connectivity index (χ0) is 21.6. The van der Waals surface area contributed by atoms with Crippen LogP contribution >= 0.6 is 0 Å². The highest BCUT2D eigenvalue weighted by Gasteiger charge is 2.32. The van der Waals surface area contributed by atoms with Gasteiger partial charge in [0.1, 0.15) is 0 Å². The number of hydrogen-bond acceptors (Lipinski definition) is 0. The van der Waals surface area contributed by atoms with Crippen LogP contribution in [0.5, 0.6) is 0 Å². The topological polar surface area (TPSA) is 0 Å². The molecule has 0 nitrogen and oxygen atoms in total. The first kappa shape index (κ1) is 22.7. The third-order valence-electron chi connectivity index (χ3n) is 8.18. The summed E-state index contributed by atoms with van der Waals surface area (Å²) in [5.41, 5.74) is 4.24. The van der Waals surface area contributed by atoms with Gasteiger partial charge in [-0.2, -0.15) is 0 Å². The molecular formula is C28H38F2Si. The molecule has 0 bridgehead atoms. The third-order valence-corrected chi connectivity index (χ3v) is 12.3. The average molecular weight is 441 g/mol. The van der Waals surface area contributed by atoms with Crippen LogP contribution in [0.1, 0.15) is 82.6 Å². The molecule has 1 saturated carbocycles. The smallest absolute Gasteiger partial charge is 0.159 e. The van der Waals surface area contributed by atoms with Gasteiger partial charge in [0.05, 0.1) is 0 Å². The Labute approximate surface area is 189 Å². The van der Waals surface area contributed by atoms with Gasteiger partial charge in [0, 0.05) is 8.80 Å². The molecule has 0 N–H and O–H groups in total. The SMILES string of the molecule is CCCCCC1CCC([Si@H]2CC[C@H](c3ccc(-c4ccc(F)c(F)c4)cc3)CC2)CC1. The lowest BCUT2D eigenvalue weighted by atomic mass is 9.85. The summed E-state index contributed by atoms with van der Waals surface area (Å²) in [7, 11) is -0.577. The van der Waals surface area contributed by atoms with Crippen molar-refractivity contribution in [2.24, 2.45) is 5.92 Å². The largest absolute Gasteiger partial charge is 0.204 e. The highest BCUT2D eigenvalue weighted by atomic mass is 28.3. The number of rotatable bonds is 7. The minimum atomic E-state index is -0.786. The second-order valence-corrected chi connectivity index (χ2v) is 13.8. The lowest BCUT2D eigenvalue weighted by Gasteiger charge is -2.37. The van der Waals surface area contributed by atoms with Crippen LogP contribution in [0.2, 0.25) is 17.6 Å². The minimum absolute atomic E-state index is 0.577. The maximum atomic E-state index is 13.5. The number of unbranched alkanes of at least 4 members (excludes halogenated alkanes) is 2. The van der Waals surface area contributed by atoms with Crippen LogP contribution < -0.4 is 0 Å². The van der Waals surface area contributed by atoms with E-state index in [2.05, 4.69) is 31.2 Å². The Morgan fingerprint density at radius 3 is 2.10 bits per heavy atom. The maximum Gasteiger partial charge on any atom is 0.159 e. The van der Waals surface area contributed by atoms with Crippen molar-refractivity contribution < 1.29 is 8.78 Å². The summed E-state index contributed by atoms with van der Waals surface area (Å²) < 4.78 is 26.7. The molecule has 2 aliphatic rings. The highest BCUT2D eigenvalue weighted by molar-refractivity contribution is 6.60. The molecule has 2 aromatic carbocycles. The van der Waals surface area contributed by atoms with Gasteiger partial charge >= 0.3 is 0 Å². The summed E-state index contributed by atoms with van der Waals surface area (Å²) in [5.74, 6) is 0.153. The fourth-order valence-corrected chi connectivity index (χ4v) is 10.4. The van der Waals surface area contributed by atoms with E-state index in [9.17, 15) is 8.78 Å². The molecule has 4 rings (SSSR count). The van der Waals surface area contributed by atoms with Crippen LogP contribution in [0, 0.1) is 17.6 Å². The monoisotopic (exact) mass is 440 g/mol. The predicted octanol–water partition coefficient (Wildman–Crippen LogP) is 8.88. The molecule has 31 heavy (non-hydrogen) atoms. The van der Waals surface area contributed by atoms with Crippen molar-refractivity contribution in [2.45, 2.75) is 94.7 Å². The van der Waals surface area contributed by atoms with E-state index in [1.54, 1.807) is 6.07 Å². The van der Waals surface area contributed by atoms with Gasteiger partial charge in [0.25, 0.3) is 0 Å². The number of hydrogen-bond donors (Lipinski definition) is 0. The van der Waals surface area contributed by atoms with Gasteiger partial charge in [-0.25, -0.2) is 8.78 Å². The predicted molar refractivity (Wildman–Crippen MR) is 130 cm³/mol. The Morgan fingerprint density at radius 1 is 0.774 bits per heavy atom. The fourth-order valence-electron chi connectivity index (χ4n) is 6.18. The molecule has 2 fully saturated rings. The van der Waals surface area contributed by atoms with E-state index in [0.29, 0.717) is 5.92 Å². The van der Waals surface area contributed by atoms with Crippen LogP contribution in [-0.4, -0.2) is 8.80 Å². The zero-order valence-corrected chi connectivity index (χ0v) is 20.2. The van der Waals surface area contributed by atoms with Crippen LogP contribution in [0.25, 0.3) is 11.1 Å². The summed E-state index contributed by atoms with van der Waals surface area (Å²) in [6.45, 7) is 2.31. The lowest BCUT2D eigenvalue weighted by molar-refractivity contribution is 0.325. The van der Waals surface area contributed by atoms with Crippen molar-refractivity contribution in [2.75, 3.05) is 0 Å². The van der Waals surface area contributed by atoms with Crippen LogP contribution in [0.3, 0.4) is 0 Å². The van der Waals surface area contributed by atoms with Gasteiger partial charge in [-0.1, -0.05) is 101 Å². The van der Waals surface area contributed by atoms with Gasteiger partial charge < -0.3 is 0 Å². The van der Waals surface area contributed by atoms with Gasteiger partial charge in [0.15, 0.2) is 11.6 Å². The van der Waals surface area contributed by atoms with Crippen molar-refractivity contribution in [3.05, 3.63) is 59.7 Å². The first-order chi connectivity index (χ1) is 15.1. The summed E-state index contributed by atoms with van der Waals surface area (Å²) in [6, 6.07) is 15.8. The van der Waals surface area contributed by atoms with Crippen LogP contribution in [0.4, 0.5) is 8.78 Å². The van der Waals surface area contributed by atoms with E-state index >= 15 is 0 Å². The van der Waals surface area contributed by atoms with Crippen molar-refractivity contribution in [3.63, 3.8) is 0 Å². The first-order valence-electron chi connectivity index (χ1n) is 12.7. The van der Waals surface area contributed by atoms with Crippen LogP contribution in [0.15, 0.2) is 42.5 Å². The fraction of sp³-hybridized carbons (Fsp3) is 0.571. The lowest BCUT2D eigenvalue weighted by Crippen LogP contribution is -2.29. The van der Waals surface area contributed by atoms with Gasteiger partial charge in [0.2, 0.25) is 0 Å². The van der Waals surface area contributed by atoms with E-state index in [0.717, 1.165) is 22.6 Å². The molecule has 1 saturated heterocycles. The normalized spacial score (nSPS) is 26.7. The molecule has 0 radical (unpaired) electrons. The quantitative estimate of drug-likeness (QED) is 0.298. The molecule has 1 heterocycles. The molecule has 0 unspecified atom stereocenters. The summed E-state index contributed by atoms with van der Waals surface area (Å²) in [4.78, 5) is 0. The van der Waals surface area contributed by atoms with E-state index in [4.69, 9.17) is 0 Å². The molecular weight excluding hydrogens is 402 g/mol. The third kappa shape index (κ3) is 5.86. The molecule has 0 atom stereocenters. The second-order valence-electron chi connectivity index (χ2n) is 10.1. The molecule has 1 aliphatic heterocycles. The van der Waals surface area contributed by atoms with Gasteiger partial charge in [-0.15, -0.1) is 0 Å². The number of halogens is 2. The van der Waals surface area contributed by atoms with Crippen molar-refractivity contribution in [3.8, 4) is 11.1 Å². The number of benzene rings is 2. The van der Waals surface area contributed by atoms with Gasteiger partial charge in [-0.05, 0) is 59.0 Å². The van der Waals surface area contributed by atoms with Gasteiger partial charge in [-0.3, -0.25) is 0 Å². The molecule has 3 heteroatoms. The standard InChI is InChI=1S/C28H38F2Si/c1-2-3-4-5-21-6-13-26(14-7-21)31-18-16-24(17-19-31)22-8-10-23(11-9-22)25-12-15-27(29)28(30)20-25/h8-12,15,20-21,24,26,31H,2-7,13-14,16-19H2,1H3/t21?,24-,26?,31-. The Morgan fingerprint density at radius 2 is 1.45 bits per heavy atom. The average Bonchev–Trinajstić information content (AvgIpc) is 2.82. The summed E-state index contributed by atoms with van der Waals surface area (Å²) >= 11 is 0. The molecule has 2 aromatic rings. The first-order valence-corrected chi connectivity index (χ1v) is 15.0. The molecule has 0 spiro atoms. The Bertz CT molecular complexity index is 815. The van der Waals surface area contributed by atoms with E-state index in [-0.39, 0.29) is 0 Å². The molecule has 1 aliphatic carbocycles. The van der Waals surface area contributed by atoms with Crippen molar-refractivity contribution in [1.29, 1.82) is 0 Å². The Balaban J connectivity index is 1.26. The highest BCUT2D eigenvalue weighted by Crippen LogP contribution is 2.44. The van der Waals surface area contributed by atoms with Crippen molar-refractivity contribution in [1.82, 2.24) is 0 Å². The molecule has 0 aromatic heterocycles. The zero-order valence-electron chi connectivity index (χ0n) is 19.1. The Kier molecular flexibility index (Phi) is 7.98. The van der Waals surface area contributed by atoms with E-state index in [1.165, 1.54) is 94.0 Å². The van der Waals surface area contributed by atoms with Crippen molar-refractivity contribution >= 4 is 8.80 Å². The van der Waals surface area contributed by atoms with Crippen LogP contribution in [-0.2, 0) is 0 Å². The molecule has 0 amide bonds. The van der Waals surface area contributed by atoms with E-state index in [1.807, 2.05) is 0 Å². The summed E-state index contributed by atoms with van der Waals surface area (Å²) in [5, 5.41) is 0. The molecule has 168 valence electrons. The Hall–Kier alpha value is -1.48. The maximum absolute atomic E-state index is 13.5. The second kappa shape index (κ2) is 10.9. The minimum Gasteiger partial charge on any atom is -0.204 e. The summed E-state index contributed by atoms with van der Waals surface area (Å²) in [6.07, 6.45) is 14.5. The van der Waals surface area contributed by atoms with E-state index < -0.39 is 20.4 Å².